The van der Waals surface area contributed by atoms with Gasteiger partial charge in [-0.25, -0.2) is 4.79 Å². The zero-order valence-corrected chi connectivity index (χ0v) is 31.9. The third-order valence-corrected chi connectivity index (χ3v) is 9.74. The fraction of sp³-hybridized carbons (Fsp3) is 0.538. The molecule has 5 unspecified atom stereocenters. The van der Waals surface area contributed by atoms with Crippen LogP contribution in [-0.2, 0) is 41.6 Å². The lowest BCUT2D eigenvalue weighted by molar-refractivity contribution is -0.143. The van der Waals surface area contributed by atoms with E-state index >= 15 is 0 Å². The number of aliphatic carboxylic acids is 1. The van der Waals surface area contributed by atoms with E-state index in [0.717, 1.165) is 11.1 Å². The number of benzene rings is 2. The van der Waals surface area contributed by atoms with Gasteiger partial charge in [0.15, 0.2) is 0 Å². The summed E-state index contributed by atoms with van der Waals surface area (Å²) in [5, 5.41) is 20.8. The second-order valence-electron chi connectivity index (χ2n) is 13.9. The van der Waals surface area contributed by atoms with E-state index in [2.05, 4.69) is 21.3 Å². The second kappa shape index (κ2) is 22.6. The van der Waals surface area contributed by atoms with Gasteiger partial charge in [0.1, 0.15) is 30.2 Å². The molecule has 0 aromatic heterocycles. The predicted molar refractivity (Wildman–Crippen MR) is 206 cm³/mol. The lowest BCUT2D eigenvalue weighted by Crippen LogP contribution is -2.59. The number of likely N-dealkylation sites (tertiary alicyclic amines) is 1. The molecule has 2 aromatic carbocycles. The van der Waals surface area contributed by atoms with Crippen molar-refractivity contribution >= 4 is 47.3 Å². The van der Waals surface area contributed by atoms with Gasteiger partial charge >= 0.3 is 5.97 Å². The number of nitrogens with zero attached hydrogens (tertiary/aromatic N) is 1. The smallest absolute Gasteiger partial charge is 0.326 e. The number of carbonyl (C=O) groups excluding carboxylic acids is 5. The van der Waals surface area contributed by atoms with Crippen molar-refractivity contribution in [3.8, 4) is 0 Å². The minimum atomic E-state index is -1.15. The Kier molecular flexibility index (Phi) is 18.3. The van der Waals surface area contributed by atoms with Crippen LogP contribution in [-0.4, -0.2) is 101 Å². The number of amides is 5. The molecule has 1 aliphatic rings. The maximum absolute atomic E-state index is 14.4. The number of unbranched alkanes of at least 4 members (excludes halogenated alkanes) is 1. The van der Waals surface area contributed by atoms with Crippen molar-refractivity contribution in [2.45, 2.75) is 102 Å². The summed E-state index contributed by atoms with van der Waals surface area (Å²) in [6.07, 6.45) is 5.02. The molecule has 14 heteroatoms. The number of nitrogens with two attached hydrogens (primary N) is 1. The van der Waals surface area contributed by atoms with Gasteiger partial charge in [-0.15, -0.1) is 0 Å². The van der Waals surface area contributed by atoms with Crippen LogP contribution >= 0.6 is 11.8 Å². The average Bonchev–Trinajstić information content (AvgIpc) is 3.63. The van der Waals surface area contributed by atoms with Crippen molar-refractivity contribution in [3.05, 3.63) is 71.8 Å². The van der Waals surface area contributed by atoms with Crippen molar-refractivity contribution in [2.24, 2.45) is 11.7 Å². The van der Waals surface area contributed by atoms with Gasteiger partial charge < -0.3 is 37.0 Å². The molecule has 13 nitrogen and oxygen atoms in total. The van der Waals surface area contributed by atoms with E-state index < -0.39 is 59.8 Å². The standard InChI is InChI=1S/C39H56N6O7S/c1-26(2)23-30(35(47)42-29(39(51)52)19-22-53-3)43-37(49)33-17-12-21-45(33)38(50)32(25-28-15-8-5-9-16-28)44-36(48)31(24-27-13-6-4-7-14-27)41-34(46)18-10-11-20-40/h4-9,13-16,26,29-33H,10-12,17-25,40H2,1-3H3,(H,41,46)(H,42,47)(H,43,49)(H,44,48)(H,51,52). The molecule has 290 valence electrons. The summed E-state index contributed by atoms with van der Waals surface area (Å²) in [5.41, 5.74) is 7.22. The molecule has 0 radical (unpaired) electrons. The highest BCUT2D eigenvalue weighted by Crippen LogP contribution is 2.21. The van der Waals surface area contributed by atoms with Gasteiger partial charge in [0, 0.05) is 25.8 Å². The fourth-order valence-electron chi connectivity index (χ4n) is 6.32. The SMILES string of the molecule is CSCCC(NC(=O)C(CC(C)C)NC(=O)C1CCCN1C(=O)C(Cc1ccccc1)NC(=O)C(Cc1ccccc1)NC(=O)CCCCN)C(=O)O. The molecule has 1 saturated heterocycles. The van der Waals surface area contributed by atoms with Crippen LogP contribution < -0.4 is 27.0 Å². The topological polar surface area (TPSA) is 200 Å². The van der Waals surface area contributed by atoms with E-state index in [1.54, 1.807) is 0 Å². The molecule has 5 amide bonds. The molecule has 0 aliphatic carbocycles. The molecular formula is C39H56N6O7S. The third kappa shape index (κ3) is 14.5. The Balaban J connectivity index is 1.83. The van der Waals surface area contributed by atoms with Gasteiger partial charge in [0.05, 0.1) is 0 Å². The molecule has 3 rings (SSSR count). The normalized spacial score (nSPS) is 16.2. The van der Waals surface area contributed by atoms with Crippen LogP contribution in [0.4, 0.5) is 0 Å². The van der Waals surface area contributed by atoms with Gasteiger partial charge in [-0.1, -0.05) is 74.5 Å². The molecule has 1 heterocycles. The lowest BCUT2D eigenvalue weighted by Gasteiger charge is -2.31. The maximum atomic E-state index is 14.4. The van der Waals surface area contributed by atoms with Crippen molar-refractivity contribution in [3.63, 3.8) is 0 Å². The van der Waals surface area contributed by atoms with Crippen LogP contribution in [0.2, 0.25) is 0 Å². The maximum Gasteiger partial charge on any atom is 0.326 e. The first-order chi connectivity index (χ1) is 25.4. The molecule has 53 heavy (non-hydrogen) atoms. The zero-order valence-electron chi connectivity index (χ0n) is 31.1. The van der Waals surface area contributed by atoms with Crippen LogP contribution in [0.25, 0.3) is 0 Å². The van der Waals surface area contributed by atoms with Crippen LogP contribution in [0.15, 0.2) is 60.7 Å². The monoisotopic (exact) mass is 752 g/mol. The Labute approximate surface area is 317 Å². The molecule has 1 fully saturated rings. The first-order valence-corrected chi connectivity index (χ1v) is 19.8. The summed E-state index contributed by atoms with van der Waals surface area (Å²) >= 11 is 1.47. The summed E-state index contributed by atoms with van der Waals surface area (Å²) in [5.74, 6) is -3.03. The minimum Gasteiger partial charge on any atom is -0.480 e. The van der Waals surface area contributed by atoms with E-state index in [-0.39, 0.29) is 50.5 Å². The van der Waals surface area contributed by atoms with E-state index in [4.69, 9.17) is 5.73 Å². The summed E-state index contributed by atoms with van der Waals surface area (Å²) in [6, 6.07) is 13.4. The number of rotatable bonds is 22. The molecule has 2 aromatic rings. The van der Waals surface area contributed by atoms with E-state index in [1.807, 2.05) is 80.8 Å². The predicted octanol–water partition coefficient (Wildman–Crippen LogP) is 2.41. The number of carbonyl (C=O) groups is 6. The van der Waals surface area contributed by atoms with Crippen molar-refractivity contribution in [2.75, 3.05) is 25.1 Å². The molecule has 5 atom stereocenters. The zero-order chi connectivity index (χ0) is 38.8. The van der Waals surface area contributed by atoms with Gasteiger partial charge in [-0.3, -0.25) is 24.0 Å². The third-order valence-electron chi connectivity index (χ3n) is 9.09. The molecule has 0 spiro atoms. The van der Waals surface area contributed by atoms with Crippen molar-refractivity contribution < 1.29 is 33.9 Å². The highest BCUT2D eigenvalue weighted by molar-refractivity contribution is 7.98. The Morgan fingerprint density at radius 1 is 0.811 bits per heavy atom. The molecule has 7 N–H and O–H groups in total. The Hall–Kier alpha value is -4.43. The van der Waals surface area contributed by atoms with Gasteiger partial charge in [0.2, 0.25) is 29.5 Å². The number of carboxylic acids is 1. The summed E-state index contributed by atoms with van der Waals surface area (Å²) in [7, 11) is 0. The minimum absolute atomic E-state index is 0.00251. The Morgan fingerprint density at radius 2 is 1.40 bits per heavy atom. The van der Waals surface area contributed by atoms with E-state index in [1.165, 1.54) is 16.7 Å². The molecule has 0 bridgehead atoms. The molecular weight excluding hydrogens is 697 g/mol. The number of nitrogens with one attached hydrogen (secondary N) is 4. The van der Waals surface area contributed by atoms with Gasteiger partial charge in [-0.2, -0.15) is 11.8 Å². The van der Waals surface area contributed by atoms with Gasteiger partial charge in [0.25, 0.3) is 0 Å². The first kappa shape index (κ1) is 43.0. The van der Waals surface area contributed by atoms with Crippen molar-refractivity contribution in [1.29, 1.82) is 0 Å². The van der Waals surface area contributed by atoms with Crippen LogP contribution in [0.1, 0.15) is 69.9 Å². The van der Waals surface area contributed by atoms with Gasteiger partial charge in [-0.05, 0) is 74.1 Å². The van der Waals surface area contributed by atoms with Crippen LogP contribution in [0.5, 0.6) is 0 Å². The summed E-state index contributed by atoms with van der Waals surface area (Å²) < 4.78 is 0. The number of hydrogen-bond acceptors (Lipinski definition) is 8. The number of hydrogen-bond donors (Lipinski definition) is 6. The van der Waals surface area contributed by atoms with E-state index in [0.29, 0.717) is 38.0 Å². The number of thioether (sulfide) groups is 1. The highest BCUT2D eigenvalue weighted by atomic mass is 32.2. The quantitative estimate of drug-likeness (QED) is 0.0978. The van der Waals surface area contributed by atoms with Crippen LogP contribution in [0, 0.1) is 5.92 Å². The molecule has 1 aliphatic heterocycles. The van der Waals surface area contributed by atoms with E-state index in [9.17, 15) is 33.9 Å². The lowest BCUT2D eigenvalue weighted by atomic mass is 10.0. The summed E-state index contributed by atoms with van der Waals surface area (Å²) in [4.78, 5) is 81.7. The largest absolute Gasteiger partial charge is 0.480 e. The first-order valence-electron chi connectivity index (χ1n) is 18.4. The molecule has 0 saturated carbocycles. The second-order valence-corrected chi connectivity index (χ2v) is 14.9. The Morgan fingerprint density at radius 3 is 1.96 bits per heavy atom. The number of carboxylic acid groups (broad SMARTS) is 1. The highest BCUT2D eigenvalue weighted by Gasteiger charge is 2.40. The Bertz CT molecular complexity index is 1500. The fourth-order valence-corrected chi connectivity index (χ4v) is 6.79. The van der Waals surface area contributed by atoms with Crippen molar-refractivity contribution in [1.82, 2.24) is 26.2 Å². The average molecular weight is 753 g/mol. The summed E-state index contributed by atoms with van der Waals surface area (Å²) in [6.45, 7) is 4.50. The van der Waals surface area contributed by atoms with Crippen LogP contribution in [0.3, 0.4) is 0 Å².